The minimum Gasteiger partial charge on any atom is -0.465 e. The van der Waals surface area contributed by atoms with Crippen LogP contribution in [0.1, 0.15) is 35.3 Å². The lowest BCUT2D eigenvalue weighted by Crippen LogP contribution is -2.45. The van der Waals surface area contributed by atoms with Gasteiger partial charge in [-0.05, 0) is 35.7 Å². The van der Waals surface area contributed by atoms with Gasteiger partial charge in [0.1, 0.15) is 12.1 Å². The quantitative estimate of drug-likeness (QED) is 0.531. The van der Waals surface area contributed by atoms with Gasteiger partial charge in [-0.25, -0.2) is 0 Å². The van der Waals surface area contributed by atoms with E-state index in [0.717, 1.165) is 11.1 Å². The molecule has 31 heavy (non-hydrogen) atoms. The fourth-order valence-corrected chi connectivity index (χ4v) is 3.53. The smallest absolute Gasteiger partial charge is 0.326 e. The molecule has 0 aliphatic carbocycles. The molecule has 5 nitrogen and oxygen atoms in total. The van der Waals surface area contributed by atoms with E-state index in [1.165, 1.54) is 0 Å². The van der Waals surface area contributed by atoms with Crippen LogP contribution in [0.3, 0.4) is 0 Å². The van der Waals surface area contributed by atoms with Crippen molar-refractivity contribution < 1.29 is 14.6 Å². The molecular formula is C26H26N2O3. The molecule has 158 valence electrons. The summed E-state index contributed by atoms with van der Waals surface area (Å²) in [6.07, 6.45) is -1.11. The molecule has 0 amide bonds. The van der Waals surface area contributed by atoms with Crippen LogP contribution in [0.5, 0.6) is 0 Å². The number of aliphatic hydroxyl groups is 1. The Balaban J connectivity index is 1.98. The zero-order chi connectivity index (χ0) is 22.1. The van der Waals surface area contributed by atoms with E-state index in [1.807, 2.05) is 65.6 Å². The van der Waals surface area contributed by atoms with Crippen molar-refractivity contribution in [3.8, 4) is 6.07 Å². The lowest BCUT2D eigenvalue weighted by atomic mass is 9.98. The first kappa shape index (κ1) is 22.2. The van der Waals surface area contributed by atoms with Gasteiger partial charge < -0.3 is 9.84 Å². The lowest BCUT2D eigenvalue weighted by molar-refractivity contribution is -0.155. The molecule has 2 atom stereocenters. The van der Waals surface area contributed by atoms with Crippen LogP contribution in [0, 0.1) is 11.3 Å². The molecule has 0 spiro atoms. The molecule has 0 aliphatic heterocycles. The third-order valence-corrected chi connectivity index (χ3v) is 5.06. The third-order valence-electron chi connectivity index (χ3n) is 5.06. The maximum atomic E-state index is 13.0. The van der Waals surface area contributed by atoms with Crippen molar-refractivity contribution in [2.75, 3.05) is 6.61 Å². The van der Waals surface area contributed by atoms with Gasteiger partial charge in [-0.1, -0.05) is 72.8 Å². The Labute approximate surface area is 183 Å². The van der Waals surface area contributed by atoms with Crippen LogP contribution in [0.25, 0.3) is 0 Å². The van der Waals surface area contributed by atoms with Gasteiger partial charge in [0.05, 0.1) is 18.2 Å². The molecule has 3 aromatic carbocycles. The first-order chi connectivity index (χ1) is 15.1. The van der Waals surface area contributed by atoms with E-state index in [-0.39, 0.29) is 6.61 Å². The summed E-state index contributed by atoms with van der Waals surface area (Å²) in [5, 5.41) is 20.3. The van der Waals surface area contributed by atoms with Gasteiger partial charge in [-0.2, -0.15) is 5.26 Å². The SMILES string of the molecule is CCOC(=O)[C@H]([C@H](O)c1ccc(C#N)cc1)N(Cc1ccccc1)Cc1ccccc1. The number of rotatable bonds is 9. The topological polar surface area (TPSA) is 73.6 Å². The molecule has 0 fully saturated rings. The monoisotopic (exact) mass is 414 g/mol. The van der Waals surface area contributed by atoms with Gasteiger partial charge in [0.25, 0.3) is 0 Å². The number of benzene rings is 3. The summed E-state index contributed by atoms with van der Waals surface area (Å²) >= 11 is 0. The second kappa shape index (κ2) is 11.1. The van der Waals surface area contributed by atoms with Crippen LogP contribution >= 0.6 is 0 Å². The molecule has 0 aromatic heterocycles. The van der Waals surface area contributed by atoms with Crippen LogP contribution in [-0.2, 0) is 22.6 Å². The number of esters is 1. The second-order valence-electron chi connectivity index (χ2n) is 7.25. The molecule has 0 heterocycles. The molecule has 0 aliphatic rings. The largest absolute Gasteiger partial charge is 0.465 e. The first-order valence-corrected chi connectivity index (χ1v) is 10.3. The molecular weight excluding hydrogens is 388 g/mol. The Morgan fingerprint density at radius 1 is 0.935 bits per heavy atom. The Kier molecular flexibility index (Phi) is 7.94. The highest BCUT2D eigenvalue weighted by Crippen LogP contribution is 2.26. The fourth-order valence-electron chi connectivity index (χ4n) is 3.53. The van der Waals surface area contributed by atoms with E-state index < -0.39 is 18.1 Å². The van der Waals surface area contributed by atoms with Crippen molar-refractivity contribution in [3.05, 3.63) is 107 Å². The number of hydrogen-bond donors (Lipinski definition) is 1. The molecule has 0 bridgehead atoms. The summed E-state index contributed by atoms with van der Waals surface area (Å²) in [4.78, 5) is 15.0. The minimum atomic E-state index is -1.11. The van der Waals surface area contributed by atoms with Gasteiger partial charge in [-0.15, -0.1) is 0 Å². The van der Waals surface area contributed by atoms with Crippen LogP contribution in [0.4, 0.5) is 0 Å². The maximum Gasteiger partial charge on any atom is 0.326 e. The molecule has 3 aromatic rings. The van der Waals surface area contributed by atoms with Crippen molar-refractivity contribution in [3.63, 3.8) is 0 Å². The van der Waals surface area contributed by atoms with Crippen molar-refractivity contribution in [2.45, 2.75) is 32.2 Å². The molecule has 5 heteroatoms. The number of nitriles is 1. The van der Waals surface area contributed by atoms with Gasteiger partial charge in [0.15, 0.2) is 0 Å². The first-order valence-electron chi connectivity index (χ1n) is 10.3. The number of aliphatic hydroxyl groups excluding tert-OH is 1. The van der Waals surface area contributed by atoms with E-state index in [4.69, 9.17) is 10.00 Å². The number of hydrogen-bond acceptors (Lipinski definition) is 5. The van der Waals surface area contributed by atoms with Crippen LogP contribution in [0.15, 0.2) is 84.9 Å². The number of nitrogens with zero attached hydrogens (tertiary/aromatic N) is 2. The summed E-state index contributed by atoms with van der Waals surface area (Å²) < 4.78 is 5.35. The van der Waals surface area contributed by atoms with E-state index in [9.17, 15) is 9.90 Å². The Morgan fingerprint density at radius 2 is 1.45 bits per heavy atom. The molecule has 0 unspecified atom stereocenters. The van der Waals surface area contributed by atoms with E-state index in [2.05, 4.69) is 6.07 Å². The highest BCUT2D eigenvalue weighted by atomic mass is 16.5. The van der Waals surface area contributed by atoms with Crippen molar-refractivity contribution in [1.82, 2.24) is 4.90 Å². The maximum absolute atomic E-state index is 13.0. The van der Waals surface area contributed by atoms with Crippen LogP contribution in [-0.4, -0.2) is 28.6 Å². The number of carbonyl (C=O) groups is 1. The molecule has 1 N–H and O–H groups in total. The Bertz CT molecular complexity index is 957. The summed E-state index contributed by atoms with van der Waals surface area (Å²) in [5.74, 6) is -0.480. The average molecular weight is 415 g/mol. The van der Waals surface area contributed by atoms with Crippen LogP contribution < -0.4 is 0 Å². The van der Waals surface area contributed by atoms with Crippen molar-refractivity contribution in [2.24, 2.45) is 0 Å². The molecule has 0 saturated heterocycles. The Hall–Kier alpha value is -3.46. The van der Waals surface area contributed by atoms with Gasteiger partial charge in [0, 0.05) is 13.1 Å². The summed E-state index contributed by atoms with van der Waals surface area (Å²) in [6.45, 7) is 2.90. The third kappa shape index (κ3) is 6.02. The van der Waals surface area contributed by atoms with Crippen molar-refractivity contribution in [1.29, 1.82) is 5.26 Å². The predicted molar refractivity (Wildman–Crippen MR) is 119 cm³/mol. The predicted octanol–water partition coefficient (Wildman–Crippen LogP) is 4.23. The zero-order valence-corrected chi connectivity index (χ0v) is 17.5. The van der Waals surface area contributed by atoms with Crippen LogP contribution in [0.2, 0.25) is 0 Å². The zero-order valence-electron chi connectivity index (χ0n) is 17.5. The highest BCUT2D eigenvalue weighted by Gasteiger charge is 2.35. The normalized spacial score (nSPS) is 12.7. The second-order valence-corrected chi connectivity index (χ2v) is 7.25. The summed E-state index contributed by atoms with van der Waals surface area (Å²) in [6, 6.07) is 27.5. The highest BCUT2D eigenvalue weighted by molar-refractivity contribution is 5.77. The van der Waals surface area contributed by atoms with Gasteiger partial charge in [-0.3, -0.25) is 9.69 Å². The number of ether oxygens (including phenoxy) is 1. The lowest BCUT2D eigenvalue weighted by Gasteiger charge is -2.33. The van der Waals surface area contributed by atoms with Crippen molar-refractivity contribution >= 4 is 5.97 Å². The van der Waals surface area contributed by atoms with Gasteiger partial charge in [0.2, 0.25) is 0 Å². The number of carbonyl (C=O) groups excluding carboxylic acids is 1. The van der Waals surface area contributed by atoms with Gasteiger partial charge >= 0.3 is 5.97 Å². The average Bonchev–Trinajstić information content (AvgIpc) is 2.80. The summed E-state index contributed by atoms with van der Waals surface area (Å²) in [5.41, 5.74) is 3.11. The van der Waals surface area contributed by atoms with E-state index >= 15 is 0 Å². The van der Waals surface area contributed by atoms with E-state index in [0.29, 0.717) is 24.2 Å². The van der Waals surface area contributed by atoms with E-state index in [1.54, 1.807) is 31.2 Å². The Morgan fingerprint density at radius 3 is 1.90 bits per heavy atom. The molecule has 0 saturated carbocycles. The molecule has 0 radical (unpaired) electrons. The summed E-state index contributed by atoms with van der Waals surface area (Å²) in [7, 11) is 0. The fraction of sp³-hybridized carbons (Fsp3) is 0.231. The molecule has 3 rings (SSSR count). The standard InChI is InChI=1S/C26H26N2O3/c1-2-31-26(30)24(25(29)23-15-13-20(17-27)14-16-23)28(18-21-9-5-3-6-10-21)19-22-11-7-4-8-12-22/h3-16,24-25,29H,2,18-19H2,1H3/t24-,25+/m0/s1. The minimum absolute atomic E-state index is 0.222.